The minimum atomic E-state index is 0.711. The number of hydrogen-bond acceptors (Lipinski definition) is 2. The van der Waals surface area contributed by atoms with Crippen molar-refractivity contribution in [3.8, 4) is 12.8 Å². The van der Waals surface area contributed by atoms with Gasteiger partial charge in [0.05, 0.1) is 5.69 Å². The molecular formula is C16H26BrNO. The van der Waals surface area contributed by atoms with Crippen LogP contribution in [0, 0.1) is 19.8 Å². The lowest BCUT2D eigenvalue weighted by Gasteiger charge is -1.88. The zero-order chi connectivity index (χ0) is 15.7. The van der Waals surface area contributed by atoms with E-state index in [1.807, 2.05) is 27.7 Å². The number of oxazole rings is 1. The summed E-state index contributed by atoms with van der Waals surface area (Å²) < 4.78 is 5.40. The molecule has 0 fully saturated rings. The second kappa shape index (κ2) is 19.1. The summed E-state index contributed by atoms with van der Waals surface area (Å²) in [6.07, 6.45) is 13.2. The summed E-state index contributed by atoms with van der Waals surface area (Å²) in [5.74, 6) is 1.68. The lowest BCUT2D eigenvalue weighted by molar-refractivity contribution is 0.482. The first-order valence-corrected chi connectivity index (χ1v) is 7.34. The summed E-state index contributed by atoms with van der Waals surface area (Å²) >= 11 is 3.37. The summed E-state index contributed by atoms with van der Waals surface area (Å²) in [6.45, 7) is 14.8. The fourth-order valence-electron chi connectivity index (χ4n) is 1.02. The predicted molar refractivity (Wildman–Crippen MR) is 89.7 cm³/mol. The molecule has 1 aromatic heterocycles. The molecular weight excluding hydrogens is 302 g/mol. The minimum Gasteiger partial charge on any atom is -0.445 e. The van der Waals surface area contributed by atoms with E-state index >= 15 is 0 Å². The number of aromatic nitrogens is 1. The Bertz CT molecular complexity index is 340. The van der Waals surface area contributed by atoms with Crippen molar-refractivity contribution < 1.29 is 4.42 Å². The first-order chi connectivity index (χ1) is 9.19. The Labute approximate surface area is 127 Å². The summed E-state index contributed by atoms with van der Waals surface area (Å²) in [4.78, 5) is 4.32. The Balaban J connectivity index is -0.000000313. The van der Waals surface area contributed by atoms with Gasteiger partial charge in [0.2, 0.25) is 0 Å². The molecule has 0 radical (unpaired) electrons. The van der Waals surface area contributed by atoms with Gasteiger partial charge in [0.25, 0.3) is 0 Å². The molecule has 1 heterocycles. The summed E-state index contributed by atoms with van der Waals surface area (Å²) in [6, 6.07) is 0. The highest BCUT2D eigenvalue weighted by atomic mass is 79.9. The summed E-state index contributed by atoms with van der Waals surface area (Å²) in [5, 5.41) is 0.925. The van der Waals surface area contributed by atoms with Gasteiger partial charge in [-0.25, -0.2) is 4.98 Å². The van der Waals surface area contributed by atoms with Crippen LogP contribution >= 0.6 is 15.9 Å². The molecule has 0 aliphatic rings. The van der Waals surface area contributed by atoms with Crippen LogP contribution in [0.2, 0.25) is 0 Å². The van der Waals surface area contributed by atoms with Gasteiger partial charge in [-0.2, -0.15) is 0 Å². The van der Waals surface area contributed by atoms with E-state index in [4.69, 9.17) is 4.42 Å². The largest absolute Gasteiger partial charge is 0.445 e. The molecule has 0 aromatic carbocycles. The van der Waals surface area contributed by atoms with Gasteiger partial charge in [-0.1, -0.05) is 41.9 Å². The molecule has 0 saturated heterocycles. The first-order valence-electron chi connectivity index (χ1n) is 6.22. The van der Waals surface area contributed by atoms with Gasteiger partial charge in [-0.05, 0) is 13.8 Å². The number of hydrogen-bond donors (Lipinski definition) is 0. The molecule has 108 valence electrons. The first kappa shape index (κ1) is 22.9. The van der Waals surface area contributed by atoms with Crippen LogP contribution in [0.4, 0.5) is 0 Å². The van der Waals surface area contributed by atoms with Gasteiger partial charge in [0.1, 0.15) is 5.76 Å². The van der Waals surface area contributed by atoms with Gasteiger partial charge >= 0.3 is 0 Å². The number of alkyl halides is 1. The maximum absolute atomic E-state index is 5.40. The number of aryl methyl sites for hydroxylation is 2. The van der Waals surface area contributed by atoms with E-state index in [0.29, 0.717) is 6.42 Å². The van der Waals surface area contributed by atoms with Crippen molar-refractivity contribution in [3.05, 3.63) is 42.7 Å². The van der Waals surface area contributed by atoms with Gasteiger partial charge in [0.15, 0.2) is 5.89 Å². The molecule has 1 rings (SSSR count). The van der Waals surface area contributed by atoms with Gasteiger partial charge in [-0.3, -0.25) is 0 Å². The predicted octanol–water partition coefficient (Wildman–Crippen LogP) is 5.12. The molecule has 0 atom stereocenters. The van der Waals surface area contributed by atoms with Crippen molar-refractivity contribution in [3.63, 3.8) is 0 Å². The van der Waals surface area contributed by atoms with E-state index in [-0.39, 0.29) is 0 Å². The number of terminal acetylenes is 1. The zero-order valence-electron chi connectivity index (χ0n) is 12.6. The van der Waals surface area contributed by atoms with Crippen LogP contribution in [0.25, 0.3) is 0 Å². The fourth-order valence-corrected chi connectivity index (χ4v) is 1.40. The summed E-state index contributed by atoms with van der Waals surface area (Å²) in [7, 11) is 0. The van der Waals surface area contributed by atoms with Crippen molar-refractivity contribution in [1.82, 2.24) is 4.98 Å². The van der Waals surface area contributed by atoms with E-state index in [9.17, 15) is 0 Å². The van der Waals surface area contributed by atoms with Crippen LogP contribution in [-0.4, -0.2) is 10.3 Å². The van der Waals surface area contributed by atoms with Crippen LogP contribution in [-0.2, 0) is 12.8 Å². The fraction of sp³-hybridized carbons (Fsp3) is 0.438. The molecule has 1 aromatic rings. The molecule has 0 unspecified atom stereocenters. The molecule has 0 spiro atoms. The highest BCUT2D eigenvalue weighted by Gasteiger charge is 2.06. The summed E-state index contributed by atoms with van der Waals surface area (Å²) in [5.41, 5.74) is 1.05. The standard InChI is InChI=1S/C9H12BrNO.C3H6.C2H6.C2H2/c1-3-4-9-11-8(5-6-10)7(2)12-9;1-3-2;2*1-2/h3H,1,4-6H2,2H3;3H,1H2,2H3;1-2H3;1-2H. The molecule has 0 aliphatic carbocycles. The number of halogens is 1. The molecule has 0 saturated carbocycles. The molecule has 0 bridgehead atoms. The molecule has 0 aliphatic heterocycles. The smallest absolute Gasteiger partial charge is 0.198 e. The molecule has 0 N–H and O–H groups in total. The maximum Gasteiger partial charge on any atom is 0.198 e. The quantitative estimate of drug-likeness (QED) is 0.436. The Morgan fingerprint density at radius 2 is 1.79 bits per heavy atom. The number of nitrogens with zero attached hydrogens (tertiary/aromatic N) is 1. The van der Waals surface area contributed by atoms with Crippen molar-refractivity contribution >= 4 is 15.9 Å². The van der Waals surface area contributed by atoms with Crippen LogP contribution < -0.4 is 0 Å². The molecule has 19 heavy (non-hydrogen) atoms. The van der Waals surface area contributed by atoms with E-state index in [0.717, 1.165) is 29.1 Å². The second-order valence-electron chi connectivity index (χ2n) is 2.95. The SMILES string of the molecule is C#C.C=CC.C=CCc1nc(CCBr)c(C)o1.CC. The van der Waals surface area contributed by atoms with Crippen LogP contribution in [0.5, 0.6) is 0 Å². The third kappa shape index (κ3) is 13.0. The van der Waals surface area contributed by atoms with E-state index in [2.05, 4.69) is 46.9 Å². The molecule has 3 heteroatoms. The van der Waals surface area contributed by atoms with Crippen LogP contribution in [0.1, 0.15) is 38.1 Å². The van der Waals surface area contributed by atoms with Gasteiger partial charge in [-0.15, -0.1) is 26.0 Å². The average Bonchev–Trinajstić information content (AvgIpc) is 2.77. The van der Waals surface area contributed by atoms with Crippen molar-refractivity contribution in [2.24, 2.45) is 0 Å². The number of rotatable bonds is 4. The number of allylic oxidation sites excluding steroid dienone is 2. The monoisotopic (exact) mass is 327 g/mol. The third-order valence-corrected chi connectivity index (χ3v) is 1.98. The Morgan fingerprint density at radius 1 is 1.32 bits per heavy atom. The van der Waals surface area contributed by atoms with Crippen LogP contribution in [0.15, 0.2) is 29.7 Å². The van der Waals surface area contributed by atoms with Crippen molar-refractivity contribution in [1.29, 1.82) is 0 Å². The van der Waals surface area contributed by atoms with Gasteiger partial charge < -0.3 is 4.42 Å². The second-order valence-corrected chi connectivity index (χ2v) is 3.74. The third-order valence-electron chi connectivity index (χ3n) is 1.59. The van der Waals surface area contributed by atoms with Crippen molar-refractivity contribution in [2.45, 2.75) is 40.5 Å². The molecule has 0 amide bonds. The maximum atomic E-state index is 5.40. The van der Waals surface area contributed by atoms with E-state index in [1.54, 1.807) is 12.2 Å². The van der Waals surface area contributed by atoms with E-state index in [1.165, 1.54) is 0 Å². The molecule has 2 nitrogen and oxygen atoms in total. The zero-order valence-corrected chi connectivity index (χ0v) is 14.2. The highest BCUT2D eigenvalue weighted by molar-refractivity contribution is 9.09. The highest BCUT2D eigenvalue weighted by Crippen LogP contribution is 2.11. The topological polar surface area (TPSA) is 26.0 Å². The normalized spacial score (nSPS) is 7.53. The van der Waals surface area contributed by atoms with Crippen LogP contribution in [0.3, 0.4) is 0 Å². The van der Waals surface area contributed by atoms with Gasteiger partial charge in [0, 0.05) is 18.2 Å². The minimum absolute atomic E-state index is 0.711. The Hall–Kier alpha value is -1.27. The van der Waals surface area contributed by atoms with Crippen molar-refractivity contribution in [2.75, 3.05) is 5.33 Å². The lowest BCUT2D eigenvalue weighted by Crippen LogP contribution is -1.88. The average molecular weight is 328 g/mol. The Morgan fingerprint density at radius 3 is 2.16 bits per heavy atom. The lowest BCUT2D eigenvalue weighted by atomic mass is 10.3. The Kier molecular flexibility index (Phi) is 23.0. The van der Waals surface area contributed by atoms with E-state index < -0.39 is 0 Å².